The highest BCUT2D eigenvalue weighted by atomic mass is 16.4. The first-order chi connectivity index (χ1) is 9.30. The standard InChI is InChI=1S/C17H18O3/c1-17(2,3)14-10-12(16(19)20)9-13(15(14)18)11-7-5-4-6-8-11/h4-10,18H,1-3H3,(H,19,20). The highest BCUT2D eigenvalue weighted by Gasteiger charge is 2.23. The fourth-order valence-corrected chi connectivity index (χ4v) is 2.17. The zero-order valence-corrected chi connectivity index (χ0v) is 11.8. The minimum atomic E-state index is -0.993. The molecule has 0 heterocycles. The van der Waals surface area contributed by atoms with Crippen LogP contribution < -0.4 is 0 Å². The first kappa shape index (κ1) is 14.1. The third-order valence-electron chi connectivity index (χ3n) is 3.25. The summed E-state index contributed by atoms with van der Waals surface area (Å²) in [7, 11) is 0. The lowest BCUT2D eigenvalue weighted by atomic mass is 9.83. The van der Waals surface area contributed by atoms with Gasteiger partial charge in [-0.15, -0.1) is 0 Å². The predicted octanol–water partition coefficient (Wildman–Crippen LogP) is 4.05. The van der Waals surface area contributed by atoms with Gasteiger partial charge in [-0.2, -0.15) is 0 Å². The fraction of sp³-hybridized carbons (Fsp3) is 0.235. The molecule has 0 aliphatic carbocycles. The number of carboxylic acid groups (broad SMARTS) is 1. The van der Waals surface area contributed by atoms with E-state index in [1.807, 2.05) is 51.1 Å². The maximum absolute atomic E-state index is 11.3. The van der Waals surface area contributed by atoms with Crippen molar-refractivity contribution in [2.75, 3.05) is 0 Å². The highest BCUT2D eigenvalue weighted by molar-refractivity contribution is 5.91. The van der Waals surface area contributed by atoms with E-state index in [0.29, 0.717) is 11.1 Å². The molecule has 104 valence electrons. The van der Waals surface area contributed by atoms with Gasteiger partial charge in [0, 0.05) is 11.1 Å². The van der Waals surface area contributed by atoms with Crippen molar-refractivity contribution in [2.45, 2.75) is 26.2 Å². The Kier molecular flexibility index (Phi) is 3.53. The van der Waals surface area contributed by atoms with Gasteiger partial charge in [-0.3, -0.25) is 0 Å². The van der Waals surface area contributed by atoms with Crippen molar-refractivity contribution < 1.29 is 15.0 Å². The predicted molar refractivity (Wildman–Crippen MR) is 79.2 cm³/mol. The number of benzene rings is 2. The molecule has 0 unspecified atom stereocenters. The topological polar surface area (TPSA) is 57.5 Å². The summed E-state index contributed by atoms with van der Waals surface area (Å²) in [6, 6.07) is 12.4. The number of rotatable bonds is 2. The van der Waals surface area contributed by atoms with Crippen molar-refractivity contribution in [3.63, 3.8) is 0 Å². The number of carboxylic acids is 1. The minimum absolute atomic E-state index is 0.147. The summed E-state index contributed by atoms with van der Waals surface area (Å²) in [4.78, 5) is 11.3. The Morgan fingerprint density at radius 1 is 1.05 bits per heavy atom. The largest absolute Gasteiger partial charge is 0.507 e. The normalized spacial score (nSPS) is 11.3. The Morgan fingerprint density at radius 3 is 2.15 bits per heavy atom. The van der Waals surface area contributed by atoms with Gasteiger partial charge in [0.25, 0.3) is 0 Å². The van der Waals surface area contributed by atoms with Crippen LogP contribution in [-0.2, 0) is 5.41 Å². The van der Waals surface area contributed by atoms with Crippen LogP contribution in [0.2, 0.25) is 0 Å². The number of hydrogen-bond donors (Lipinski definition) is 2. The first-order valence-electron chi connectivity index (χ1n) is 6.47. The van der Waals surface area contributed by atoms with Gasteiger partial charge in [-0.1, -0.05) is 51.1 Å². The Labute approximate surface area is 118 Å². The smallest absolute Gasteiger partial charge is 0.335 e. The quantitative estimate of drug-likeness (QED) is 0.865. The molecule has 0 aliphatic rings. The molecule has 0 atom stereocenters. The monoisotopic (exact) mass is 270 g/mol. The highest BCUT2D eigenvalue weighted by Crippen LogP contribution is 2.39. The number of phenols is 1. The van der Waals surface area contributed by atoms with E-state index in [2.05, 4.69) is 0 Å². The van der Waals surface area contributed by atoms with Crippen molar-refractivity contribution in [3.05, 3.63) is 53.6 Å². The second kappa shape index (κ2) is 5.00. The van der Waals surface area contributed by atoms with E-state index in [1.165, 1.54) is 6.07 Å². The van der Waals surface area contributed by atoms with Crippen LogP contribution in [-0.4, -0.2) is 16.2 Å². The van der Waals surface area contributed by atoms with Gasteiger partial charge in [-0.05, 0) is 23.1 Å². The number of aromatic carboxylic acids is 1. The zero-order valence-electron chi connectivity index (χ0n) is 11.8. The Hall–Kier alpha value is -2.29. The third-order valence-corrected chi connectivity index (χ3v) is 3.25. The fourth-order valence-electron chi connectivity index (χ4n) is 2.17. The van der Waals surface area contributed by atoms with Gasteiger partial charge in [0.05, 0.1) is 5.56 Å². The van der Waals surface area contributed by atoms with Gasteiger partial charge in [0.2, 0.25) is 0 Å². The van der Waals surface area contributed by atoms with Crippen molar-refractivity contribution in [1.82, 2.24) is 0 Å². The van der Waals surface area contributed by atoms with Gasteiger partial charge in [-0.25, -0.2) is 4.79 Å². The average Bonchev–Trinajstić information content (AvgIpc) is 2.38. The molecule has 0 aromatic heterocycles. The second-order valence-corrected chi connectivity index (χ2v) is 5.84. The van der Waals surface area contributed by atoms with E-state index in [4.69, 9.17) is 0 Å². The second-order valence-electron chi connectivity index (χ2n) is 5.84. The Balaban J connectivity index is 2.74. The lowest BCUT2D eigenvalue weighted by molar-refractivity contribution is 0.0697. The Morgan fingerprint density at radius 2 is 1.65 bits per heavy atom. The molecule has 0 bridgehead atoms. The van der Waals surface area contributed by atoms with Gasteiger partial charge < -0.3 is 10.2 Å². The summed E-state index contributed by atoms with van der Waals surface area (Å²) in [6.07, 6.45) is 0. The molecular formula is C17H18O3. The van der Waals surface area contributed by atoms with Gasteiger partial charge in [0.15, 0.2) is 0 Å². The molecular weight excluding hydrogens is 252 g/mol. The maximum atomic E-state index is 11.3. The zero-order chi connectivity index (χ0) is 14.9. The minimum Gasteiger partial charge on any atom is -0.507 e. The number of aromatic hydroxyl groups is 1. The molecule has 0 fully saturated rings. The van der Waals surface area contributed by atoms with Crippen LogP contribution in [0, 0.1) is 0 Å². The molecule has 3 nitrogen and oxygen atoms in total. The molecule has 0 saturated heterocycles. The maximum Gasteiger partial charge on any atom is 0.335 e. The Bertz CT molecular complexity index is 637. The third kappa shape index (κ3) is 2.67. The van der Waals surface area contributed by atoms with Crippen molar-refractivity contribution in [1.29, 1.82) is 0 Å². The first-order valence-corrected chi connectivity index (χ1v) is 6.47. The van der Waals surface area contributed by atoms with E-state index in [1.54, 1.807) is 6.07 Å². The average molecular weight is 270 g/mol. The van der Waals surface area contributed by atoms with Crippen molar-refractivity contribution in [2.24, 2.45) is 0 Å². The molecule has 2 aromatic carbocycles. The molecule has 0 amide bonds. The van der Waals surface area contributed by atoms with Crippen molar-refractivity contribution in [3.8, 4) is 16.9 Å². The molecule has 0 radical (unpaired) electrons. The SMILES string of the molecule is CC(C)(C)c1cc(C(=O)O)cc(-c2ccccc2)c1O. The molecule has 3 heteroatoms. The summed E-state index contributed by atoms with van der Waals surface area (Å²) in [5, 5.41) is 19.7. The number of carbonyl (C=O) groups is 1. The molecule has 2 aromatic rings. The van der Waals surface area contributed by atoms with Crippen LogP contribution in [0.1, 0.15) is 36.7 Å². The van der Waals surface area contributed by atoms with Gasteiger partial charge in [0.1, 0.15) is 5.75 Å². The van der Waals surface area contributed by atoms with E-state index in [-0.39, 0.29) is 16.7 Å². The number of phenolic OH excluding ortho intramolecular Hbond substituents is 1. The lowest BCUT2D eigenvalue weighted by Gasteiger charge is -2.23. The molecule has 0 spiro atoms. The van der Waals surface area contributed by atoms with E-state index in [9.17, 15) is 15.0 Å². The lowest BCUT2D eigenvalue weighted by Crippen LogP contribution is -2.13. The summed E-state index contributed by atoms with van der Waals surface area (Å²) in [5.74, 6) is -0.846. The summed E-state index contributed by atoms with van der Waals surface area (Å²) < 4.78 is 0. The van der Waals surface area contributed by atoms with E-state index in [0.717, 1.165) is 5.56 Å². The van der Waals surface area contributed by atoms with Crippen LogP contribution in [0.25, 0.3) is 11.1 Å². The molecule has 0 aliphatic heterocycles. The molecule has 2 rings (SSSR count). The van der Waals surface area contributed by atoms with Crippen LogP contribution in [0.5, 0.6) is 5.75 Å². The van der Waals surface area contributed by atoms with Crippen LogP contribution in [0.4, 0.5) is 0 Å². The van der Waals surface area contributed by atoms with Crippen molar-refractivity contribution >= 4 is 5.97 Å². The summed E-state index contributed by atoms with van der Waals surface area (Å²) in [5.41, 5.74) is 1.84. The summed E-state index contributed by atoms with van der Waals surface area (Å²) in [6.45, 7) is 5.84. The van der Waals surface area contributed by atoms with Gasteiger partial charge >= 0.3 is 5.97 Å². The molecule has 20 heavy (non-hydrogen) atoms. The molecule has 2 N–H and O–H groups in total. The van der Waals surface area contributed by atoms with Crippen LogP contribution >= 0.6 is 0 Å². The van der Waals surface area contributed by atoms with E-state index < -0.39 is 5.97 Å². The number of hydrogen-bond acceptors (Lipinski definition) is 2. The van der Waals surface area contributed by atoms with E-state index >= 15 is 0 Å². The van der Waals surface area contributed by atoms with Crippen LogP contribution in [0.3, 0.4) is 0 Å². The van der Waals surface area contributed by atoms with Crippen LogP contribution in [0.15, 0.2) is 42.5 Å². The molecule has 0 saturated carbocycles. The summed E-state index contributed by atoms with van der Waals surface area (Å²) >= 11 is 0.